The van der Waals surface area contributed by atoms with Crippen LogP contribution in [-0.4, -0.2) is 42.2 Å². The van der Waals surface area contributed by atoms with Gasteiger partial charge in [0.2, 0.25) is 5.91 Å². The van der Waals surface area contributed by atoms with Crippen molar-refractivity contribution in [2.75, 3.05) is 37.5 Å². The fourth-order valence-electron chi connectivity index (χ4n) is 3.07. The van der Waals surface area contributed by atoms with E-state index in [1.54, 1.807) is 29.2 Å². The molecule has 9 heteroatoms. The van der Waals surface area contributed by atoms with Gasteiger partial charge in [-0.05, 0) is 30.7 Å². The van der Waals surface area contributed by atoms with Crippen molar-refractivity contribution in [1.29, 1.82) is 0 Å². The topological polar surface area (TPSA) is 94.2 Å². The number of hydrogen-bond donors (Lipinski definition) is 1. The molecule has 0 saturated carbocycles. The summed E-state index contributed by atoms with van der Waals surface area (Å²) in [6, 6.07) is 9.33. The van der Waals surface area contributed by atoms with Crippen molar-refractivity contribution in [3.8, 4) is 17.2 Å². The molecule has 1 fully saturated rings. The molecule has 3 rings (SSSR count). The molecule has 2 aromatic rings. The maximum absolute atomic E-state index is 12.9. The molecule has 0 aromatic heterocycles. The molecule has 1 aliphatic rings. The van der Waals surface area contributed by atoms with Crippen molar-refractivity contribution in [1.82, 2.24) is 0 Å². The van der Waals surface area contributed by atoms with Gasteiger partial charge in [0.1, 0.15) is 22.1 Å². The number of methoxy groups -OCH3 is 3. The molecular weight excluding hydrogens is 384 g/mol. The molecule has 0 spiro atoms. The minimum absolute atomic E-state index is 0.0211. The van der Waals surface area contributed by atoms with Gasteiger partial charge in [-0.25, -0.2) is 8.42 Å². The van der Waals surface area contributed by atoms with Gasteiger partial charge in [0.15, 0.2) is 0 Å². The lowest BCUT2D eigenvalue weighted by Gasteiger charge is -2.20. The summed E-state index contributed by atoms with van der Waals surface area (Å²) < 4.78 is 44.0. The first-order valence-corrected chi connectivity index (χ1v) is 10.1. The molecule has 150 valence electrons. The molecule has 0 unspecified atom stereocenters. The van der Waals surface area contributed by atoms with Crippen LogP contribution < -0.4 is 23.8 Å². The summed E-state index contributed by atoms with van der Waals surface area (Å²) in [6.45, 7) is 0.612. The lowest BCUT2D eigenvalue weighted by Crippen LogP contribution is -2.24. The van der Waals surface area contributed by atoms with Gasteiger partial charge in [-0.2, -0.15) is 0 Å². The molecule has 1 N–H and O–H groups in total. The quantitative estimate of drug-likeness (QED) is 0.760. The molecule has 0 radical (unpaired) electrons. The first-order valence-electron chi connectivity index (χ1n) is 8.63. The van der Waals surface area contributed by atoms with Crippen LogP contribution in [0, 0.1) is 0 Å². The van der Waals surface area contributed by atoms with E-state index in [1.165, 1.54) is 33.5 Å². The van der Waals surface area contributed by atoms with Crippen LogP contribution in [0.2, 0.25) is 0 Å². The Labute approximate surface area is 164 Å². The Morgan fingerprint density at radius 2 is 1.71 bits per heavy atom. The average molecular weight is 406 g/mol. The Morgan fingerprint density at radius 3 is 2.32 bits per heavy atom. The summed E-state index contributed by atoms with van der Waals surface area (Å²) >= 11 is 0. The Morgan fingerprint density at radius 1 is 0.964 bits per heavy atom. The van der Waals surface area contributed by atoms with E-state index in [4.69, 9.17) is 14.2 Å². The van der Waals surface area contributed by atoms with E-state index in [0.717, 1.165) is 6.42 Å². The fourth-order valence-corrected chi connectivity index (χ4v) is 4.31. The highest BCUT2D eigenvalue weighted by molar-refractivity contribution is 7.92. The highest BCUT2D eigenvalue weighted by atomic mass is 32.2. The molecule has 0 atom stereocenters. The smallest absolute Gasteiger partial charge is 0.265 e. The van der Waals surface area contributed by atoms with Gasteiger partial charge >= 0.3 is 0 Å². The zero-order valence-electron chi connectivity index (χ0n) is 15.9. The average Bonchev–Trinajstić information content (AvgIpc) is 3.12. The molecule has 1 heterocycles. The van der Waals surface area contributed by atoms with Crippen LogP contribution in [0.15, 0.2) is 41.3 Å². The summed E-state index contributed by atoms with van der Waals surface area (Å²) in [4.78, 5) is 13.6. The summed E-state index contributed by atoms with van der Waals surface area (Å²) in [6.07, 6.45) is 1.28. The summed E-state index contributed by atoms with van der Waals surface area (Å²) in [5.74, 6) is 1.02. The van der Waals surface area contributed by atoms with Crippen LogP contribution in [0.5, 0.6) is 17.2 Å². The normalized spacial score (nSPS) is 14.1. The van der Waals surface area contributed by atoms with Crippen molar-refractivity contribution < 1.29 is 27.4 Å². The number of ether oxygens (including phenoxy) is 3. The van der Waals surface area contributed by atoms with Gasteiger partial charge in [0.05, 0.1) is 32.7 Å². The number of carbonyl (C=O) groups is 1. The van der Waals surface area contributed by atoms with Crippen molar-refractivity contribution in [2.24, 2.45) is 0 Å². The number of benzene rings is 2. The van der Waals surface area contributed by atoms with Crippen LogP contribution in [0.1, 0.15) is 12.8 Å². The minimum Gasteiger partial charge on any atom is -0.497 e. The largest absolute Gasteiger partial charge is 0.497 e. The number of anilines is 2. The number of carbonyl (C=O) groups excluding carboxylic acids is 1. The van der Waals surface area contributed by atoms with Gasteiger partial charge in [-0.1, -0.05) is 0 Å². The third kappa shape index (κ3) is 3.84. The van der Waals surface area contributed by atoms with Crippen molar-refractivity contribution in [2.45, 2.75) is 17.7 Å². The predicted molar refractivity (Wildman–Crippen MR) is 105 cm³/mol. The van der Waals surface area contributed by atoms with Gasteiger partial charge < -0.3 is 19.1 Å². The SMILES string of the molecule is COc1ccc(OC)c(S(=O)(=O)Nc2ccc(N3CCCC3=O)c(OC)c2)c1. The van der Waals surface area contributed by atoms with Crippen molar-refractivity contribution in [3.63, 3.8) is 0 Å². The number of nitrogens with one attached hydrogen (secondary N) is 1. The monoisotopic (exact) mass is 406 g/mol. The van der Waals surface area contributed by atoms with Gasteiger partial charge in [0, 0.05) is 25.1 Å². The van der Waals surface area contributed by atoms with E-state index in [2.05, 4.69) is 4.72 Å². The molecule has 8 nitrogen and oxygen atoms in total. The third-order valence-electron chi connectivity index (χ3n) is 4.46. The summed E-state index contributed by atoms with van der Waals surface area (Å²) in [5, 5.41) is 0. The highest BCUT2D eigenvalue weighted by Gasteiger charge is 2.26. The predicted octanol–water partition coefficient (Wildman–Crippen LogP) is 2.64. The number of sulfonamides is 1. The van der Waals surface area contributed by atoms with Gasteiger partial charge in [0.25, 0.3) is 10.0 Å². The second kappa shape index (κ2) is 7.97. The lowest BCUT2D eigenvalue weighted by atomic mass is 10.2. The maximum Gasteiger partial charge on any atom is 0.265 e. The molecule has 1 saturated heterocycles. The second-order valence-electron chi connectivity index (χ2n) is 6.16. The molecule has 0 bridgehead atoms. The zero-order valence-corrected chi connectivity index (χ0v) is 16.7. The second-order valence-corrected chi connectivity index (χ2v) is 7.81. The van der Waals surface area contributed by atoms with E-state index >= 15 is 0 Å². The number of amides is 1. The van der Waals surface area contributed by atoms with Gasteiger partial charge in [-0.15, -0.1) is 0 Å². The van der Waals surface area contributed by atoms with Crippen LogP contribution in [0.4, 0.5) is 11.4 Å². The third-order valence-corrected chi connectivity index (χ3v) is 5.86. The van der Waals surface area contributed by atoms with E-state index in [0.29, 0.717) is 35.8 Å². The van der Waals surface area contributed by atoms with E-state index in [-0.39, 0.29) is 16.6 Å². The maximum atomic E-state index is 12.9. The summed E-state index contributed by atoms with van der Waals surface area (Å²) in [5.41, 5.74) is 0.920. The molecule has 28 heavy (non-hydrogen) atoms. The van der Waals surface area contributed by atoms with E-state index in [9.17, 15) is 13.2 Å². The minimum atomic E-state index is -3.95. The van der Waals surface area contributed by atoms with Crippen LogP contribution in [0.25, 0.3) is 0 Å². The highest BCUT2D eigenvalue weighted by Crippen LogP contribution is 2.35. The first-order chi connectivity index (χ1) is 13.4. The number of rotatable bonds is 7. The van der Waals surface area contributed by atoms with Gasteiger partial charge in [-0.3, -0.25) is 9.52 Å². The molecule has 1 aliphatic heterocycles. The molecule has 1 amide bonds. The number of nitrogens with zero attached hydrogens (tertiary/aromatic N) is 1. The number of hydrogen-bond acceptors (Lipinski definition) is 6. The van der Waals surface area contributed by atoms with Crippen LogP contribution >= 0.6 is 0 Å². The lowest BCUT2D eigenvalue weighted by molar-refractivity contribution is -0.117. The van der Waals surface area contributed by atoms with Crippen molar-refractivity contribution >= 4 is 27.3 Å². The zero-order chi connectivity index (χ0) is 20.3. The standard InChI is InChI=1S/C19H22N2O6S/c1-25-14-7-9-16(26-2)18(12-14)28(23,24)20-13-6-8-15(17(11-13)27-3)21-10-4-5-19(21)22/h6-9,11-12,20H,4-5,10H2,1-3H3. The Kier molecular flexibility index (Phi) is 5.64. The molecule has 2 aromatic carbocycles. The molecule has 0 aliphatic carbocycles. The van der Waals surface area contributed by atoms with E-state index < -0.39 is 10.0 Å². The summed E-state index contributed by atoms with van der Waals surface area (Å²) in [7, 11) is 0.375. The Hall–Kier alpha value is -2.94. The fraction of sp³-hybridized carbons (Fsp3) is 0.316. The van der Waals surface area contributed by atoms with Crippen LogP contribution in [0.3, 0.4) is 0 Å². The Balaban J connectivity index is 1.94. The first kappa shape index (κ1) is 19.8. The molecular formula is C19H22N2O6S. The van der Waals surface area contributed by atoms with E-state index in [1.807, 2.05) is 0 Å². The van der Waals surface area contributed by atoms with Crippen LogP contribution in [-0.2, 0) is 14.8 Å². The Bertz CT molecular complexity index is 990. The van der Waals surface area contributed by atoms with Crippen molar-refractivity contribution in [3.05, 3.63) is 36.4 Å².